The Kier molecular flexibility index (Phi) is 5.07. The van der Waals surface area contributed by atoms with Crippen molar-refractivity contribution < 1.29 is 8.78 Å². The Bertz CT molecular complexity index is 432. The van der Waals surface area contributed by atoms with Gasteiger partial charge >= 0.3 is 0 Å². The van der Waals surface area contributed by atoms with Gasteiger partial charge in [-0.05, 0) is 24.6 Å². The fourth-order valence-corrected chi connectivity index (χ4v) is 1.72. The van der Waals surface area contributed by atoms with Crippen LogP contribution in [-0.2, 0) is 0 Å². The highest BCUT2D eigenvalue weighted by atomic mass is 19.1. The van der Waals surface area contributed by atoms with Gasteiger partial charge in [0.2, 0.25) is 0 Å². The number of nitrogens with zero attached hydrogens (tertiary/aromatic N) is 1. The summed E-state index contributed by atoms with van der Waals surface area (Å²) in [5, 5.41) is 2.85. The van der Waals surface area contributed by atoms with Crippen LogP contribution >= 0.6 is 0 Å². The molecule has 2 unspecified atom stereocenters. The summed E-state index contributed by atoms with van der Waals surface area (Å²) < 4.78 is 27.6. The summed E-state index contributed by atoms with van der Waals surface area (Å²) in [6, 6.07) is 4.30. The van der Waals surface area contributed by atoms with E-state index in [1.807, 2.05) is 0 Å². The molecule has 18 heavy (non-hydrogen) atoms. The monoisotopic (exact) mass is 255 g/mol. The molecular formula is C13H19F2N3. The zero-order valence-corrected chi connectivity index (χ0v) is 10.9. The lowest BCUT2D eigenvalue weighted by molar-refractivity contribution is 0.296. The Morgan fingerprint density at radius 1 is 1.50 bits per heavy atom. The van der Waals surface area contributed by atoms with Crippen LogP contribution in [0.3, 0.4) is 0 Å². The van der Waals surface area contributed by atoms with Crippen molar-refractivity contribution in [2.75, 3.05) is 19.4 Å². The number of amidine groups is 1. The minimum atomic E-state index is -1.39. The second-order valence-corrected chi connectivity index (χ2v) is 4.24. The highest BCUT2D eigenvalue weighted by Crippen LogP contribution is 2.29. The Labute approximate surface area is 106 Å². The van der Waals surface area contributed by atoms with Gasteiger partial charge in [0.1, 0.15) is 12.0 Å². The standard InChI is InChI=1S/C13H19F2N3/c1-8(13(16)18-3)6-12(15)10-7-9(17-2)4-5-11(10)14/h4-5,7-8,12,17H,6H2,1-3H3,(H2,16,18). The molecule has 5 heteroatoms. The van der Waals surface area contributed by atoms with Gasteiger partial charge in [-0.3, -0.25) is 4.99 Å². The topological polar surface area (TPSA) is 50.4 Å². The number of rotatable bonds is 5. The first-order valence-corrected chi connectivity index (χ1v) is 5.83. The van der Waals surface area contributed by atoms with E-state index >= 15 is 0 Å². The van der Waals surface area contributed by atoms with Gasteiger partial charge in [0.15, 0.2) is 0 Å². The molecule has 0 aromatic heterocycles. The fraction of sp³-hybridized carbons (Fsp3) is 0.462. The number of alkyl halides is 1. The molecule has 0 aliphatic carbocycles. The Morgan fingerprint density at radius 3 is 2.72 bits per heavy atom. The highest BCUT2D eigenvalue weighted by molar-refractivity contribution is 5.82. The summed E-state index contributed by atoms with van der Waals surface area (Å²) in [5.74, 6) is -0.383. The van der Waals surface area contributed by atoms with Crippen LogP contribution in [0.5, 0.6) is 0 Å². The van der Waals surface area contributed by atoms with Crippen molar-refractivity contribution in [3.63, 3.8) is 0 Å². The van der Waals surface area contributed by atoms with E-state index in [0.717, 1.165) is 0 Å². The first-order valence-electron chi connectivity index (χ1n) is 5.83. The molecule has 0 saturated heterocycles. The van der Waals surface area contributed by atoms with E-state index in [2.05, 4.69) is 10.3 Å². The number of halogens is 2. The minimum Gasteiger partial charge on any atom is -0.388 e. The van der Waals surface area contributed by atoms with Gasteiger partial charge in [0.05, 0.1) is 5.84 Å². The zero-order valence-electron chi connectivity index (χ0n) is 10.9. The third-order valence-corrected chi connectivity index (χ3v) is 2.95. The third-order valence-electron chi connectivity index (χ3n) is 2.95. The Morgan fingerprint density at radius 2 is 2.17 bits per heavy atom. The molecule has 0 saturated carbocycles. The molecule has 0 aliphatic rings. The molecule has 3 nitrogen and oxygen atoms in total. The quantitative estimate of drug-likeness (QED) is 0.628. The molecular weight excluding hydrogens is 236 g/mol. The van der Waals surface area contributed by atoms with Crippen LogP contribution in [0.25, 0.3) is 0 Å². The van der Waals surface area contributed by atoms with E-state index in [1.165, 1.54) is 12.1 Å². The number of nitrogens with one attached hydrogen (secondary N) is 1. The molecule has 3 N–H and O–H groups in total. The van der Waals surface area contributed by atoms with Crippen LogP contribution in [0.2, 0.25) is 0 Å². The van der Waals surface area contributed by atoms with Crippen molar-refractivity contribution in [1.82, 2.24) is 0 Å². The molecule has 0 bridgehead atoms. The van der Waals surface area contributed by atoms with Crippen LogP contribution in [-0.4, -0.2) is 19.9 Å². The van der Waals surface area contributed by atoms with Crippen molar-refractivity contribution in [3.8, 4) is 0 Å². The van der Waals surface area contributed by atoms with Crippen LogP contribution in [0.1, 0.15) is 25.1 Å². The minimum absolute atomic E-state index is 0.0533. The Balaban J connectivity index is 2.86. The average molecular weight is 255 g/mol. The molecule has 0 radical (unpaired) electrons. The molecule has 0 fully saturated rings. The second kappa shape index (κ2) is 6.33. The largest absolute Gasteiger partial charge is 0.388 e. The molecule has 1 aromatic carbocycles. The van der Waals surface area contributed by atoms with Gasteiger partial charge in [0.25, 0.3) is 0 Å². The number of hydrogen-bond acceptors (Lipinski definition) is 2. The van der Waals surface area contributed by atoms with Crippen LogP contribution in [0, 0.1) is 11.7 Å². The smallest absolute Gasteiger partial charge is 0.129 e. The van der Waals surface area contributed by atoms with Gasteiger partial charge in [-0.15, -0.1) is 0 Å². The normalized spacial score (nSPS) is 15.3. The number of nitrogens with two attached hydrogens (primary N) is 1. The van der Waals surface area contributed by atoms with Crippen molar-refractivity contribution in [3.05, 3.63) is 29.6 Å². The Hall–Kier alpha value is -1.65. The predicted octanol–water partition coefficient (Wildman–Crippen LogP) is 2.89. The van der Waals surface area contributed by atoms with Crippen LogP contribution in [0.15, 0.2) is 23.2 Å². The van der Waals surface area contributed by atoms with E-state index in [9.17, 15) is 8.78 Å². The molecule has 100 valence electrons. The third kappa shape index (κ3) is 3.42. The summed E-state index contributed by atoms with van der Waals surface area (Å²) in [6.07, 6.45) is -1.28. The lowest BCUT2D eigenvalue weighted by Gasteiger charge is -2.16. The molecule has 2 atom stereocenters. The van der Waals surface area contributed by atoms with E-state index in [1.54, 1.807) is 27.1 Å². The lowest BCUT2D eigenvalue weighted by atomic mass is 9.97. The van der Waals surface area contributed by atoms with Crippen molar-refractivity contribution in [1.29, 1.82) is 0 Å². The van der Waals surface area contributed by atoms with E-state index in [0.29, 0.717) is 11.5 Å². The number of aliphatic imine (C=N–C) groups is 1. The molecule has 0 heterocycles. The first-order chi connectivity index (χ1) is 8.49. The molecule has 1 aromatic rings. The number of anilines is 1. The molecule has 0 amide bonds. The van der Waals surface area contributed by atoms with Crippen molar-refractivity contribution in [2.24, 2.45) is 16.6 Å². The van der Waals surface area contributed by atoms with E-state index in [-0.39, 0.29) is 17.9 Å². The maximum atomic E-state index is 14.1. The lowest BCUT2D eigenvalue weighted by Crippen LogP contribution is -2.22. The summed E-state index contributed by atoms with van der Waals surface area (Å²) in [5.41, 5.74) is 6.35. The van der Waals surface area contributed by atoms with E-state index in [4.69, 9.17) is 5.73 Å². The second-order valence-electron chi connectivity index (χ2n) is 4.24. The molecule has 0 aliphatic heterocycles. The summed E-state index contributed by atoms with van der Waals surface area (Å²) in [4.78, 5) is 3.81. The predicted molar refractivity (Wildman–Crippen MR) is 71.1 cm³/mol. The first kappa shape index (κ1) is 14.4. The molecule has 0 spiro atoms. The van der Waals surface area contributed by atoms with Gasteiger partial charge < -0.3 is 11.1 Å². The van der Waals surface area contributed by atoms with E-state index < -0.39 is 12.0 Å². The van der Waals surface area contributed by atoms with Crippen molar-refractivity contribution >= 4 is 11.5 Å². The summed E-state index contributed by atoms with van der Waals surface area (Å²) in [6.45, 7) is 1.77. The van der Waals surface area contributed by atoms with Crippen LogP contribution in [0.4, 0.5) is 14.5 Å². The summed E-state index contributed by atoms with van der Waals surface area (Å²) >= 11 is 0. The summed E-state index contributed by atoms with van der Waals surface area (Å²) in [7, 11) is 3.26. The van der Waals surface area contributed by atoms with Crippen molar-refractivity contribution in [2.45, 2.75) is 19.5 Å². The zero-order chi connectivity index (χ0) is 13.7. The number of benzene rings is 1. The molecule has 1 rings (SSSR count). The average Bonchev–Trinajstić information content (AvgIpc) is 2.38. The van der Waals surface area contributed by atoms with Gasteiger partial charge in [-0.1, -0.05) is 6.92 Å². The van der Waals surface area contributed by atoms with Gasteiger partial charge in [0, 0.05) is 31.3 Å². The SMILES string of the molecule is C/N=C(/N)C(C)CC(F)c1cc(NC)ccc1F. The maximum absolute atomic E-state index is 14.1. The fourth-order valence-electron chi connectivity index (χ4n) is 1.72. The van der Waals surface area contributed by atoms with Gasteiger partial charge in [-0.2, -0.15) is 0 Å². The van der Waals surface area contributed by atoms with Crippen LogP contribution < -0.4 is 11.1 Å². The highest BCUT2D eigenvalue weighted by Gasteiger charge is 2.20. The van der Waals surface area contributed by atoms with Gasteiger partial charge in [-0.25, -0.2) is 8.78 Å². The number of hydrogen-bond donors (Lipinski definition) is 2. The maximum Gasteiger partial charge on any atom is 0.129 e.